The molecule has 0 bridgehead atoms. The molecule has 1 atom stereocenters. The standard InChI is InChI=1S/C22H25N3O4S/c1-22(2)13-28-8-7-24(22)21(26)19-17-11-29-18-10-15(27-3)4-5-16(18)20(17)25(23-19)14-6-9-30-12-14/h4-6,9,12,18H,7-8,10-11,13H2,1-3H3. The van der Waals surface area contributed by atoms with Gasteiger partial charge in [0.1, 0.15) is 0 Å². The summed E-state index contributed by atoms with van der Waals surface area (Å²) in [6.07, 6.45) is 4.58. The predicted octanol–water partition coefficient (Wildman–Crippen LogP) is 3.40. The number of carbonyl (C=O) groups excluding carboxylic acids is 1. The molecular formula is C22H25N3O4S. The Labute approximate surface area is 179 Å². The zero-order valence-corrected chi connectivity index (χ0v) is 18.2. The van der Waals surface area contributed by atoms with Crippen LogP contribution >= 0.6 is 11.3 Å². The highest BCUT2D eigenvalue weighted by Gasteiger charge is 2.40. The molecule has 0 aromatic carbocycles. The van der Waals surface area contributed by atoms with E-state index in [0.717, 1.165) is 28.3 Å². The van der Waals surface area contributed by atoms with Crippen LogP contribution in [0.4, 0.5) is 0 Å². The van der Waals surface area contributed by atoms with Crippen LogP contribution in [0, 0.1) is 0 Å². The number of hydrogen-bond acceptors (Lipinski definition) is 6. The summed E-state index contributed by atoms with van der Waals surface area (Å²) < 4.78 is 19.1. The van der Waals surface area contributed by atoms with Crippen LogP contribution in [0.15, 0.2) is 34.7 Å². The van der Waals surface area contributed by atoms with Crippen molar-refractivity contribution in [1.82, 2.24) is 14.7 Å². The van der Waals surface area contributed by atoms with Crippen LogP contribution in [0.1, 0.15) is 42.0 Å². The van der Waals surface area contributed by atoms with Crippen molar-refractivity contribution in [2.24, 2.45) is 0 Å². The summed E-state index contributed by atoms with van der Waals surface area (Å²) in [5.74, 6) is 0.820. The second-order valence-corrected chi connectivity index (χ2v) is 9.13. The number of thiophene rings is 1. The first-order valence-corrected chi connectivity index (χ1v) is 11.0. The van der Waals surface area contributed by atoms with Crippen LogP contribution in [0.2, 0.25) is 0 Å². The topological polar surface area (TPSA) is 65.8 Å². The smallest absolute Gasteiger partial charge is 0.275 e. The molecule has 1 unspecified atom stereocenters. The second kappa shape index (κ2) is 7.37. The highest BCUT2D eigenvalue weighted by molar-refractivity contribution is 7.08. The minimum atomic E-state index is -0.382. The van der Waals surface area contributed by atoms with Crippen molar-refractivity contribution in [3.8, 4) is 5.69 Å². The van der Waals surface area contributed by atoms with Gasteiger partial charge in [-0.2, -0.15) is 16.4 Å². The van der Waals surface area contributed by atoms with Crippen LogP contribution in [-0.4, -0.2) is 59.1 Å². The highest BCUT2D eigenvalue weighted by Crippen LogP contribution is 2.39. The number of fused-ring (bicyclic) bond motifs is 3. The first-order valence-electron chi connectivity index (χ1n) is 10.1. The lowest BCUT2D eigenvalue weighted by molar-refractivity contribution is -0.0375. The van der Waals surface area contributed by atoms with E-state index in [-0.39, 0.29) is 17.6 Å². The van der Waals surface area contributed by atoms with Crippen LogP contribution in [-0.2, 0) is 20.8 Å². The van der Waals surface area contributed by atoms with E-state index >= 15 is 0 Å². The van der Waals surface area contributed by atoms with Gasteiger partial charge in [-0.05, 0) is 31.4 Å². The zero-order chi connectivity index (χ0) is 20.9. The molecule has 0 saturated carbocycles. The minimum Gasteiger partial charge on any atom is -0.501 e. The van der Waals surface area contributed by atoms with Gasteiger partial charge in [0.15, 0.2) is 5.69 Å². The Hall–Kier alpha value is -2.42. The Kier molecular flexibility index (Phi) is 4.80. The molecule has 158 valence electrons. The van der Waals surface area contributed by atoms with E-state index in [0.29, 0.717) is 38.5 Å². The quantitative estimate of drug-likeness (QED) is 0.751. The molecule has 1 saturated heterocycles. The number of carbonyl (C=O) groups is 1. The monoisotopic (exact) mass is 427 g/mol. The van der Waals surface area contributed by atoms with E-state index in [1.54, 1.807) is 18.4 Å². The van der Waals surface area contributed by atoms with Gasteiger partial charge in [-0.25, -0.2) is 4.68 Å². The molecule has 7 nitrogen and oxygen atoms in total. The largest absolute Gasteiger partial charge is 0.501 e. The fourth-order valence-corrected chi connectivity index (χ4v) is 4.96. The Morgan fingerprint density at radius 1 is 1.37 bits per heavy atom. The average Bonchev–Trinajstić information content (AvgIpc) is 3.40. The lowest BCUT2D eigenvalue weighted by Gasteiger charge is -2.41. The van der Waals surface area contributed by atoms with Crippen molar-refractivity contribution in [2.45, 2.75) is 38.5 Å². The predicted molar refractivity (Wildman–Crippen MR) is 114 cm³/mol. The maximum atomic E-state index is 13.6. The van der Waals surface area contributed by atoms with Crippen molar-refractivity contribution in [3.63, 3.8) is 0 Å². The van der Waals surface area contributed by atoms with E-state index in [4.69, 9.17) is 19.3 Å². The Morgan fingerprint density at radius 3 is 2.97 bits per heavy atom. The Balaban J connectivity index is 1.64. The molecule has 2 aromatic heterocycles. The lowest BCUT2D eigenvalue weighted by atomic mass is 9.91. The zero-order valence-electron chi connectivity index (χ0n) is 17.4. The van der Waals surface area contributed by atoms with Gasteiger partial charge in [-0.15, -0.1) is 0 Å². The molecule has 30 heavy (non-hydrogen) atoms. The first kappa shape index (κ1) is 19.5. The van der Waals surface area contributed by atoms with Crippen molar-refractivity contribution < 1.29 is 19.0 Å². The first-order chi connectivity index (χ1) is 14.5. The molecule has 0 spiro atoms. The summed E-state index contributed by atoms with van der Waals surface area (Å²) in [5, 5.41) is 8.89. The summed E-state index contributed by atoms with van der Waals surface area (Å²) in [6, 6.07) is 2.02. The number of aromatic nitrogens is 2. The van der Waals surface area contributed by atoms with Crippen molar-refractivity contribution >= 4 is 22.8 Å². The van der Waals surface area contributed by atoms with E-state index in [2.05, 4.69) is 0 Å². The summed E-state index contributed by atoms with van der Waals surface area (Å²) in [4.78, 5) is 15.5. The molecule has 5 rings (SSSR count). The molecule has 1 aliphatic carbocycles. The number of methoxy groups -OCH3 is 1. The Bertz CT molecular complexity index is 1040. The van der Waals surface area contributed by atoms with Gasteiger partial charge in [-0.1, -0.05) is 6.08 Å². The third-order valence-corrected chi connectivity index (χ3v) is 6.64. The van der Waals surface area contributed by atoms with Crippen LogP contribution < -0.4 is 0 Å². The SMILES string of the molecule is COC1=CC=C2c3c(c(C(=O)N4CCOCC4(C)C)nn3-c3ccsc3)COC2C1. The molecule has 0 radical (unpaired) electrons. The minimum absolute atomic E-state index is 0.0693. The second-order valence-electron chi connectivity index (χ2n) is 8.35. The normalized spacial score (nSPS) is 22.6. The van der Waals surface area contributed by atoms with Crippen LogP contribution in [0.5, 0.6) is 0 Å². The molecule has 2 aliphatic heterocycles. The van der Waals surface area contributed by atoms with Gasteiger partial charge in [0.25, 0.3) is 5.91 Å². The maximum Gasteiger partial charge on any atom is 0.275 e. The number of amides is 1. The van der Waals surface area contributed by atoms with Gasteiger partial charge in [-0.3, -0.25) is 4.79 Å². The molecule has 3 aliphatic rings. The van der Waals surface area contributed by atoms with Gasteiger partial charge in [0.2, 0.25) is 0 Å². The third kappa shape index (κ3) is 3.10. The average molecular weight is 428 g/mol. The number of allylic oxidation sites excluding steroid dienone is 2. The molecule has 2 aromatic rings. The number of ether oxygens (including phenoxy) is 3. The van der Waals surface area contributed by atoms with Crippen molar-refractivity contribution in [1.29, 1.82) is 0 Å². The van der Waals surface area contributed by atoms with E-state index in [1.165, 1.54) is 0 Å². The Morgan fingerprint density at radius 2 is 2.23 bits per heavy atom. The maximum absolute atomic E-state index is 13.6. The lowest BCUT2D eigenvalue weighted by Crippen LogP contribution is -2.55. The molecular weight excluding hydrogens is 402 g/mol. The van der Waals surface area contributed by atoms with Crippen LogP contribution in [0.25, 0.3) is 11.3 Å². The summed E-state index contributed by atoms with van der Waals surface area (Å²) in [6.45, 7) is 6.01. The fraction of sp³-hybridized carbons (Fsp3) is 0.455. The van der Waals surface area contributed by atoms with Gasteiger partial charge < -0.3 is 19.1 Å². The summed E-state index contributed by atoms with van der Waals surface area (Å²) >= 11 is 1.61. The van der Waals surface area contributed by atoms with Crippen molar-refractivity contribution in [2.75, 3.05) is 26.9 Å². The molecule has 1 amide bonds. The molecule has 1 fully saturated rings. The van der Waals surface area contributed by atoms with Gasteiger partial charge >= 0.3 is 0 Å². The van der Waals surface area contributed by atoms with E-state index in [9.17, 15) is 4.79 Å². The van der Waals surface area contributed by atoms with Crippen LogP contribution in [0.3, 0.4) is 0 Å². The van der Waals surface area contributed by atoms with E-state index in [1.807, 2.05) is 52.4 Å². The summed E-state index contributed by atoms with van der Waals surface area (Å²) in [7, 11) is 1.68. The number of nitrogens with zero attached hydrogens (tertiary/aromatic N) is 3. The van der Waals surface area contributed by atoms with E-state index < -0.39 is 0 Å². The molecule has 0 N–H and O–H groups in total. The third-order valence-electron chi connectivity index (χ3n) is 5.97. The fourth-order valence-electron chi connectivity index (χ4n) is 4.35. The molecule has 4 heterocycles. The number of hydrogen-bond donors (Lipinski definition) is 0. The number of rotatable bonds is 3. The number of morpholine rings is 1. The highest BCUT2D eigenvalue weighted by atomic mass is 32.1. The van der Waals surface area contributed by atoms with Gasteiger partial charge in [0.05, 0.1) is 55.7 Å². The van der Waals surface area contributed by atoms with Gasteiger partial charge in [0, 0.05) is 29.5 Å². The van der Waals surface area contributed by atoms with Crippen molar-refractivity contribution in [3.05, 3.63) is 51.7 Å². The summed E-state index contributed by atoms with van der Waals surface area (Å²) in [5.41, 5.74) is 3.89. The molecule has 8 heteroatoms.